The van der Waals surface area contributed by atoms with Crippen LogP contribution in [0.3, 0.4) is 0 Å². The molecule has 2 rings (SSSR count). The quantitative estimate of drug-likeness (QED) is 0.675. The highest BCUT2D eigenvalue weighted by Crippen LogP contribution is 2.20. The van der Waals surface area contributed by atoms with Gasteiger partial charge in [-0.05, 0) is 36.3 Å². The molecule has 0 amide bonds. The Morgan fingerprint density at radius 1 is 1.35 bits per heavy atom. The lowest BCUT2D eigenvalue weighted by Gasteiger charge is -2.01. The molecule has 0 aliphatic rings. The number of hydrogen-bond donors (Lipinski definition) is 1. The van der Waals surface area contributed by atoms with Crippen LogP contribution in [0, 0.1) is 6.92 Å². The summed E-state index contributed by atoms with van der Waals surface area (Å²) < 4.78 is 0. The van der Waals surface area contributed by atoms with Crippen molar-refractivity contribution in [1.82, 2.24) is 10.2 Å². The van der Waals surface area contributed by atoms with Gasteiger partial charge in [0.25, 0.3) is 5.56 Å². The van der Waals surface area contributed by atoms with Crippen LogP contribution in [0.1, 0.15) is 16.8 Å². The molecular weight excluding hydrogens is 268 g/mol. The minimum Gasteiger partial charge on any atom is -0.268 e. The Morgan fingerprint density at radius 3 is 2.95 bits per heavy atom. The maximum atomic E-state index is 11.1. The predicted octanol–water partition coefficient (Wildman–Crippen LogP) is 3.53. The molecule has 20 heavy (non-hydrogen) atoms. The summed E-state index contributed by atoms with van der Waals surface area (Å²) in [6.07, 6.45) is 5.79. The molecular formula is C16H16N2OS. The van der Waals surface area contributed by atoms with Gasteiger partial charge in [-0.1, -0.05) is 24.3 Å². The second-order valence-electron chi connectivity index (χ2n) is 4.31. The summed E-state index contributed by atoms with van der Waals surface area (Å²) in [6.45, 7) is 5.59. The second-order valence-corrected chi connectivity index (χ2v) is 5.40. The van der Waals surface area contributed by atoms with E-state index in [4.69, 9.17) is 0 Å². The summed E-state index contributed by atoms with van der Waals surface area (Å²) in [5, 5.41) is 6.47. The lowest BCUT2D eigenvalue weighted by molar-refractivity contribution is 0.961. The molecule has 2 aromatic rings. The lowest BCUT2D eigenvalue weighted by atomic mass is 10.1. The first-order valence-corrected chi connectivity index (χ1v) is 7.26. The lowest BCUT2D eigenvalue weighted by Crippen LogP contribution is -2.08. The van der Waals surface area contributed by atoms with Crippen molar-refractivity contribution in [2.24, 2.45) is 0 Å². The van der Waals surface area contributed by atoms with Gasteiger partial charge in [0.05, 0.1) is 5.69 Å². The van der Waals surface area contributed by atoms with E-state index in [1.165, 1.54) is 4.90 Å². The summed E-state index contributed by atoms with van der Waals surface area (Å²) in [7, 11) is 0. The van der Waals surface area contributed by atoms with Crippen LogP contribution >= 0.6 is 11.8 Å². The topological polar surface area (TPSA) is 45.8 Å². The fourth-order valence-corrected chi connectivity index (χ4v) is 2.42. The van der Waals surface area contributed by atoms with Gasteiger partial charge in [0.1, 0.15) is 0 Å². The molecule has 1 heterocycles. The maximum Gasteiger partial charge on any atom is 0.264 e. The van der Waals surface area contributed by atoms with Gasteiger partial charge in [0, 0.05) is 16.7 Å². The summed E-state index contributed by atoms with van der Waals surface area (Å²) >= 11 is 1.75. The molecule has 1 aromatic carbocycles. The third kappa shape index (κ3) is 3.96. The normalized spacial score (nSPS) is 10.8. The minimum absolute atomic E-state index is 0.178. The van der Waals surface area contributed by atoms with Gasteiger partial charge in [0.15, 0.2) is 0 Å². The monoisotopic (exact) mass is 284 g/mol. The molecule has 0 bridgehead atoms. The molecule has 0 saturated carbocycles. The number of aryl methyl sites for hydroxylation is 1. The van der Waals surface area contributed by atoms with Crippen molar-refractivity contribution in [3.63, 3.8) is 0 Å². The molecule has 4 heteroatoms. The van der Waals surface area contributed by atoms with Gasteiger partial charge in [-0.3, -0.25) is 4.79 Å². The fraction of sp³-hybridized carbons (Fsp3) is 0.125. The van der Waals surface area contributed by atoms with Crippen LogP contribution in [-0.2, 0) is 0 Å². The van der Waals surface area contributed by atoms with Crippen molar-refractivity contribution in [3.8, 4) is 0 Å². The van der Waals surface area contributed by atoms with Crippen LogP contribution in [0.25, 0.3) is 12.2 Å². The fourth-order valence-electron chi connectivity index (χ4n) is 1.71. The molecule has 0 spiro atoms. The summed E-state index contributed by atoms with van der Waals surface area (Å²) in [4.78, 5) is 12.3. The first-order chi connectivity index (χ1) is 9.69. The van der Waals surface area contributed by atoms with E-state index < -0.39 is 0 Å². The van der Waals surface area contributed by atoms with Gasteiger partial charge >= 0.3 is 0 Å². The summed E-state index contributed by atoms with van der Waals surface area (Å²) in [6, 6.07) is 9.80. The molecule has 0 fully saturated rings. The predicted molar refractivity (Wildman–Crippen MR) is 85.9 cm³/mol. The number of aromatic nitrogens is 2. The Hall–Kier alpha value is -2.07. The molecule has 0 saturated heterocycles. The SMILES string of the molecule is C=CCSc1cccc(/C=C/c2n[nH]c(=O)cc2C)c1. The standard InChI is InChI=1S/C16H16N2OS/c1-3-9-20-14-6-4-5-13(11-14)7-8-15-12(2)10-16(19)18-17-15/h3-8,10-11H,1,9H2,2H3,(H,18,19)/b8-7+. The van der Waals surface area contributed by atoms with Crippen molar-refractivity contribution < 1.29 is 0 Å². The molecule has 102 valence electrons. The van der Waals surface area contributed by atoms with Crippen molar-refractivity contribution in [3.05, 3.63) is 70.2 Å². The summed E-state index contributed by atoms with van der Waals surface area (Å²) in [5.74, 6) is 0.897. The van der Waals surface area contributed by atoms with E-state index in [2.05, 4.69) is 28.9 Å². The first-order valence-electron chi connectivity index (χ1n) is 6.27. The van der Waals surface area contributed by atoms with E-state index in [1.54, 1.807) is 17.8 Å². The number of rotatable bonds is 5. The number of thioether (sulfide) groups is 1. The highest BCUT2D eigenvalue weighted by molar-refractivity contribution is 7.99. The van der Waals surface area contributed by atoms with Crippen LogP contribution in [0.5, 0.6) is 0 Å². The molecule has 0 atom stereocenters. The van der Waals surface area contributed by atoms with Gasteiger partial charge in [-0.25, -0.2) is 5.10 Å². The van der Waals surface area contributed by atoms with Crippen molar-refractivity contribution in [2.75, 3.05) is 5.75 Å². The number of nitrogens with zero attached hydrogens (tertiary/aromatic N) is 1. The van der Waals surface area contributed by atoms with Crippen molar-refractivity contribution >= 4 is 23.9 Å². The smallest absolute Gasteiger partial charge is 0.264 e. The third-order valence-corrected chi connectivity index (χ3v) is 3.69. The van der Waals surface area contributed by atoms with Gasteiger partial charge in [-0.2, -0.15) is 5.10 Å². The highest BCUT2D eigenvalue weighted by atomic mass is 32.2. The second kappa shape index (κ2) is 6.91. The van der Waals surface area contributed by atoms with Gasteiger partial charge in [-0.15, -0.1) is 18.3 Å². The largest absolute Gasteiger partial charge is 0.268 e. The first kappa shape index (κ1) is 14.3. The van der Waals surface area contributed by atoms with E-state index in [9.17, 15) is 4.79 Å². The van der Waals surface area contributed by atoms with E-state index in [0.29, 0.717) is 0 Å². The van der Waals surface area contributed by atoms with Crippen LogP contribution in [0.4, 0.5) is 0 Å². The Kier molecular flexibility index (Phi) is 4.96. The molecule has 1 aromatic heterocycles. The van der Waals surface area contributed by atoms with Crippen LogP contribution < -0.4 is 5.56 Å². The van der Waals surface area contributed by atoms with Crippen molar-refractivity contribution in [1.29, 1.82) is 0 Å². The van der Waals surface area contributed by atoms with E-state index in [0.717, 1.165) is 22.6 Å². The van der Waals surface area contributed by atoms with Crippen LogP contribution in [0.2, 0.25) is 0 Å². The molecule has 0 unspecified atom stereocenters. The Labute approximate surface area is 122 Å². The number of hydrogen-bond acceptors (Lipinski definition) is 3. The van der Waals surface area contributed by atoms with E-state index in [-0.39, 0.29) is 5.56 Å². The number of nitrogens with one attached hydrogen (secondary N) is 1. The van der Waals surface area contributed by atoms with Gasteiger partial charge in [0.2, 0.25) is 0 Å². The Morgan fingerprint density at radius 2 is 2.20 bits per heavy atom. The number of H-pyrrole nitrogens is 1. The Bertz CT molecular complexity index is 689. The number of aromatic amines is 1. The average molecular weight is 284 g/mol. The average Bonchev–Trinajstić information content (AvgIpc) is 2.45. The molecule has 0 aliphatic carbocycles. The molecule has 3 nitrogen and oxygen atoms in total. The maximum absolute atomic E-state index is 11.1. The zero-order valence-electron chi connectivity index (χ0n) is 11.3. The van der Waals surface area contributed by atoms with Crippen LogP contribution in [0.15, 0.2) is 52.7 Å². The number of benzene rings is 1. The van der Waals surface area contributed by atoms with E-state index in [1.807, 2.05) is 37.3 Å². The zero-order valence-corrected chi connectivity index (χ0v) is 12.1. The molecule has 0 aliphatic heterocycles. The molecule has 0 radical (unpaired) electrons. The highest BCUT2D eigenvalue weighted by Gasteiger charge is 1.97. The van der Waals surface area contributed by atoms with Crippen molar-refractivity contribution in [2.45, 2.75) is 11.8 Å². The van der Waals surface area contributed by atoms with Gasteiger partial charge < -0.3 is 0 Å². The minimum atomic E-state index is -0.178. The van der Waals surface area contributed by atoms with Crippen LogP contribution in [-0.4, -0.2) is 16.0 Å². The van der Waals surface area contributed by atoms with E-state index >= 15 is 0 Å². The third-order valence-electron chi connectivity index (χ3n) is 2.70. The zero-order chi connectivity index (χ0) is 14.4. The Balaban J connectivity index is 2.18. The summed E-state index contributed by atoms with van der Waals surface area (Å²) in [5.41, 5.74) is 2.56. The molecule has 1 N–H and O–H groups in total.